The topological polar surface area (TPSA) is 12.0 Å². The smallest absolute Gasteiger partial charge is 0.123 e. The quantitative estimate of drug-likeness (QED) is 0.430. The van der Waals surface area contributed by atoms with Crippen molar-refractivity contribution in [3.63, 3.8) is 0 Å². The van der Waals surface area contributed by atoms with Gasteiger partial charge in [-0.25, -0.2) is 0 Å². The molecule has 4 fully saturated rings. The molecule has 1 nitrogen and oxygen atoms in total. The molecule has 8 atom stereocenters. The summed E-state index contributed by atoms with van der Waals surface area (Å²) in [6.45, 7) is 15.3. The van der Waals surface area contributed by atoms with Crippen LogP contribution in [0, 0.1) is 23.7 Å². The third-order valence-electron chi connectivity index (χ3n) is 8.39. The van der Waals surface area contributed by atoms with E-state index in [0.717, 1.165) is 40.5 Å². The second-order valence-electron chi connectivity index (χ2n) is 11.5. The third-order valence-corrected chi connectivity index (χ3v) is 15.8. The van der Waals surface area contributed by atoms with Gasteiger partial charge in [0.1, 0.15) is 8.24 Å². The molecule has 3 aliphatic carbocycles. The summed E-state index contributed by atoms with van der Waals surface area (Å²) in [5.41, 5.74) is 3.60. The first-order valence-electron chi connectivity index (χ1n) is 11.2. The monoisotopic (exact) mass is 379 g/mol. The zero-order valence-electron chi connectivity index (χ0n) is 17.6. The first kappa shape index (κ1) is 18.9. The van der Waals surface area contributed by atoms with Crippen molar-refractivity contribution in [3.8, 4) is 0 Å². The lowest BCUT2D eigenvalue weighted by atomic mass is 9.70. The minimum absolute atomic E-state index is 0.250. The Kier molecular flexibility index (Phi) is 5.00. The summed E-state index contributed by atoms with van der Waals surface area (Å²) in [5.74, 6) is 4.44. The standard InChI is InChI=1S/C22H42NPSi/c1-22(2,3)23-25(5,6)21-16-12-8-7-11-15(16)19-17-13-9-10-14-18(17)24(4)20(19)21/h15-21,23H,7-14H2,1-6H3. The molecule has 4 aliphatic rings. The van der Waals surface area contributed by atoms with Crippen molar-refractivity contribution >= 4 is 16.2 Å². The highest BCUT2D eigenvalue weighted by Crippen LogP contribution is 2.75. The summed E-state index contributed by atoms with van der Waals surface area (Å²) >= 11 is 0. The van der Waals surface area contributed by atoms with E-state index in [4.69, 9.17) is 0 Å². The second-order valence-corrected chi connectivity index (χ2v) is 18.4. The normalized spacial score (nSPS) is 47.3. The van der Waals surface area contributed by atoms with Gasteiger partial charge in [-0.2, -0.15) is 0 Å². The van der Waals surface area contributed by atoms with Crippen LogP contribution in [0.25, 0.3) is 0 Å². The fourth-order valence-corrected chi connectivity index (χ4v) is 18.5. The van der Waals surface area contributed by atoms with E-state index in [0.29, 0.717) is 0 Å². The Morgan fingerprint density at radius 1 is 0.840 bits per heavy atom. The van der Waals surface area contributed by atoms with Gasteiger partial charge in [-0.3, -0.25) is 0 Å². The maximum absolute atomic E-state index is 4.23. The molecule has 0 aromatic carbocycles. The highest BCUT2D eigenvalue weighted by Gasteiger charge is 2.64. The molecule has 0 aromatic rings. The molecule has 144 valence electrons. The van der Waals surface area contributed by atoms with E-state index in [9.17, 15) is 0 Å². The van der Waals surface area contributed by atoms with Gasteiger partial charge < -0.3 is 4.98 Å². The van der Waals surface area contributed by atoms with Crippen molar-refractivity contribution in [1.29, 1.82) is 0 Å². The number of fused-ring (bicyclic) bond motifs is 5. The van der Waals surface area contributed by atoms with Crippen LogP contribution >= 0.6 is 7.92 Å². The lowest BCUT2D eigenvalue weighted by Gasteiger charge is -2.45. The molecule has 1 heterocycles. The Bertz CT molecular complexity index is 499. The van der Waals surface area contributed by atoms with Gasteiger partial charge in [-0.15, -0.1) is 7.92 Å². The highest BCUT2D eigenvalue weighted by molar-refractivity contribution is 7.59. The van der Waals surface area contributed by atoms with Crippen LogP contribution in [0.15, 0.2) is 0 Å². The zero-order valence-corrected chi connectivity index (χ0v) is 19.5. The summed E-state index contributed by atoms with van der Waals surface area (Å²) in [6.07, 6.45) is 12.4. The first-order chi connectivity index (χ1) is 11.7. The second kappa shape index (κ2) is 6.59. The lowest BCUT2D eigenvalue weighted by molar-refractivity contribution is 0.164. The molecule has 0 bridgehead atoms. The van der Waals surface area contributed by atoms with Crippen LogP contribution < -0.4 is 4.98 Å². The summed E-state index contributed by atoms with van der Waals surface area (Å²) in [4.78, 5) is 4.23. The van der Waals surface area contributed by atoms with Crippen LogP contribution in [0.3, 0.4) is 0 Å². The van der Waals surface area contributed by atoms with E-state index in [1.165, 1.54) is 25.7 Å². The van der Waals surface area contributed by atoms with Crippen molar-refractivity contribution in [2.75, 3.05) is 6.66 Å². The van der Waals surface area contributed by atoms with E-state index < -0.39 is 8.24 Å². The van der Waals surface area contributed by atoms with Crippen LogP contribution in [-0.2, 0) is 0 Å². The number of nitrogens with one attached hydrogen (secondary N) is 1. The van der Waals surface area contributed by atoms with Crippen molar-refractivity contribution in [2.24, 2.45) is 23.7 Å². The van der Waals surface area contributed by atoms with Gasteiger partial charge >= 0.3 is 0 Å². The molecule has 1 N–H and O–H groups in total. The number of rotatable bonds is 2. The molecule has 3 saturated carbocycles. The molecule has 8 unspecified atom stereocenters. The van der Waals surface area contributed by atoms with Crippen LogP contribution in [-0.4, -0.2) is 31.8 Å². The van der Waals surface area contributed by atoms with Crippen LogP contribution in [0.5, 0.6) is 0 Å². The number of hydrogen-bond acceptors (Lipinski definition) is 1. The van der Waals surface area contributed by atoms with Gasteiger partial charge in [0.25, 0.3) is 0 Å². The molecule has 3 heteroatoms. The Morgan fingerprint density at radius 2 is 1.40 bits per heavy atom. The van der Waals surface area contributed by atoms with Gasteiger partial charge in [-0.1, -0.05) is 45.2 Å². The van der Waals surface area contributed by atoms with E-state index in [1.807, 2.05) is 0 Å². The number of hydrogen-bond donors (Lipinski definition) is 1. The van der Waals surface area contributed by atoms with E-state index in [1.54, 1.807) is 25.7 Å². The molecular weight excluding hydrogens is 337 g/mol. The van der Waals surface area contributed by atoms with Gasteiger partial charge in [-0.05, 0) is 87.2 Å². The zero-order chi connectivity index (χ0) is 18.0. The van der Waals surface area contributed by atoms with Crippen LogP contribution in [0.1, 0.15) is 72.1 Å². The average Bonchev–Trinajstić information content (AvgIpc) is 3.00. The van der Waals surface area contributed by atoms with Crippen LogP contribution in [0.4, 0.5) is 0 Å². The molecule has 0 aromatic heterocycles. The van der Waals surface area contributed by atoms with Crippen molar-refractivity contribution in [2.45, 2.75) is 108 Å². The molecular formula is C22H42NPSi. The Balaban J connectivity index is 1.70. The first-order valence-corrected chi connectivity index (χ1v) is 16.2. The fraction of sp³-hybridized carbons (Fsp3) is 1.00. The van der Waals surface area contributed by atoms with E-state index >= 15 is 0 Å². The van der Waals surface area contributed by atoms with Crippen molar-refractivity contribution in [1.82, 2.24) is 4.98 Å². The Morgan fingerprint density at radius 3 is 2.04 bits per heavy atom. The van der Waals surface area contributed by atoms with Crippen molar-refractivity contribution < 1.29 is 0 Å². The third kappa shape index (κ3) is 3.21. The minimum atomic E-state index is -1.44. The summed E-state index contributed by atoms with van der Waals surface area (Å²) in [5, 5.41) is 0. The fourth-order valence-electron chi connectivity index (χ4n) is 8.28. The van der Waals surface area contributed by atoms with E-state index in [2.05, 4.69) is 45.5 Å². The SMILES string of the molecule is CP1C2CCCCC2C2C3CCCCC3C([Si](C)(C)NC(C)(C)C)C21. The Labute approximate surface area is 159 Å². The van der Waals surface area contributed by atoms with Gasteiger partial charge in [0.15, 0.2) is 0 Å². The molecule has 4 rings (SSSR count). The summed E-state index contributed by atoms with van der Waals surface area (Å²) < 4.78 is 0. The summed E-state index contributed by atoms with van der Waals surface area (Å²) in [7, 11) is -1.19. The predicted octanol–water partition coefficient (Wildman–Crippen LogP) is 6.44. The highest BCUT2D eigenvalue weighted by atomic mass is 31.1. The van der Waals surface area contributed by atoms with Crippen molar-refractivity contribution in [3.05, 3.63) is 0 Å². The molecule has 1 saturated heterocycles. The van der Waals surface area contributed by atoms with Gasteiger partial charge in [0.05, 0.1) is 0 Å². The maximum atomic E-state index is 4.23. The minimum Gasteiger partial charge on any atom is -0.332 e. The van der Waals surface area contributed by atoms with E-state index in [-0.39, 0.29) is 13.5 Å². The lowest BCUT2D eigenvalue weighted by Crippen LogP contribution is -2.59. The Hall–Kier alpha value is 0.607. The molecule has 0 amide bonds. The summed E-state index contributed by atoms with van der Waals surface area (Å²) in [6, 6.07) is 0. The maximum Gasteiger partial charge on any atom is 0.123 e. The largest absolute Gasteiger partial charge is 0.332 e. The molecule has 25 heavy (non-hydrogen) atoms. The average molecular weight is 380 g/mol. The van der Waals surface area contributed by atoms with Crippen LogP contribution in [0.2, 0.25) is 18.6 Å². The molecule has 0 spiro atoms. The van der Waals surface area contributed by atoms with Gasteiger partial charge in [0.2, 0.25) is 0 Å². The molecule has 1 aliphatic heterocycles. The van der Waals surface area contributed by atoms with Gasteiger partial charge in [0, 0.05) is 5.54 Å². The predicted molar refractivity (Wildman–Crippen MR) is 115 cm³/mol. The molecule has 0 radical (unpaired) electrons.